The number of Topliss-reactive ketones (excluding diaryl/α,β-unsaturated/α-hetero) is 2. The highest BCUT2D eigenvalue weighted by atomic mass is 127. The van der Waals surface area contributed by atoms with Crippen molar-refractivity contribution in [1.29, 1.82) is 0 Å². The first-order chi connectivity index (χ1) is 42.6. The van der Waals surface area contributed by atoms with Crippen molar-refractivity contribution in [3.8, 4) is 40.9 Å². The summed E-state index contributed by atoms with van der Waals surface area (Å²) in [5, 5.41) is 60.6. The van der Waals surface area contributed by atoms with Crippen LogP contribution in [0.5, 0.6) is 17.2 Å². The number of aliphatic hydroxyl groups excluding tert-OH is 4. The molecular formula is C62H86IN3O21S3. The van der Waals surface area contributed by atoms with Crippen LogP contribution >= 0.6 is 55.9 Å². The van der Waals surface area contributed by atoms with Crippen LogP contribution in [0.1, 0.15) is 96.5 Å². The number of methoxy groups -OCH3 is 4. The molecule has 4 aliphatic heterocycles. The monoisotopic (exact) mass is 1430 g/mol. The van der Waals surface area contributed by atoms with E-state index in [1.807, 2.05) is 43.4 Å². The quantitative estimate of drug-likeness (QED) is 0.0240. The van der Waals surface area contributed by atoms with Gasteiger partial charge < -0.3 is 87.9 Å². The van der Waals surface area contributed by atoms with Crippen LogP contribution in [0.3, 0.4) is 0 Å². The predicted octanol–water partition coefficient (Wildman–Crippen LogP) is 3.84. The number of benzene rings is 1. The maximum absolute atomic E-state index is 14.5. The van der Waals surface area contributed by atoms with Crippen molar-refractivity contribution in [1.82, 2.24) is 15.7 Å². The molecule has 90 heavy (non-hydrogen) atoms. The number of thioether (sulfide) groups is 1. The molecule has 1 aromatic carbocycles. The second-order valence-corrected chi connectivity index (χ2v) is 28.8. The van der Waals surface area contributed by atoms with Crippen LogP contribution in [0.2, 0.25) is 0 Å². The van der Waals surface area contributed by atoms with E-state index in [0.717, 1.165) is 11.8 Å². The Morgan fingerprint density at radius 2 is 1.59 bits per heavy atom. The molecule has 4 saturated heterocycles. The summed E-state index contributed by atoms with van der Waals surface area (Å²) in [6.07, 6.45) is -12.7. The molecule has 2 aliphatic carbocycles. The highest BCUT2D eigenvalue weighted by Gasteiger charge is 2.52. The fourth-order valence-corrected chi connectivity index (χ4v) is 15.5. The molecule has 24 nitrogen and oxygen atoms in total. The first kappa shape index (κ1) is 74.0. The molecule has 0 aromatic heterocycles. The van der Waals surface area contributed by atoms with Crippen molar-refractivity contribution in [3.05, 3.63) is 49.6 Å². The number of allylic oxidation sites excluding steroid dienone is 3. The summed E-state index contributed by atoms with van der Waals surface area (Å²) in [4.78, 5) is 62.2. The van der Waals surface area contributed by atoms with Gasteiger partial charge in [0, 0.05) is 81.2 Å². The maximum atomic E-state index is 14.5. The number of halogens is 1. The average Bonchev–Trinajstić information content (AvgIpc) is 0.778. The van der Waals surface area contributed by atoms with Crippen molar-refractivity contribution < 1.29 is 102 Å². The Morgan fingerprint density at radius 1 is 0.889 bits per heavy atom. The first-order valence-electron chi connectivity index (χ1n) is 29.6. The number of carbonyl (C=O) groups excluding carboxylic acids is 4. The van der Waals surface area contributed by atoms with E-state index < -0.39 is 125 Å². The summed E-state index contributed by atoms with van der Waals surface area (Å²) >= 11 is 2.83. The molecule has 28 heteroatoms. The van der Waals surface area contributed by atoms with Crippen LogP contribution in [0.15, 0.2) is 34.9 Å². The molecule has 0 saturated carbocycles. The van der Waals surface area contributed by atoms with Crippen molar-refractivity contribution in [2.45, 2.75) is 207 Å². The largest absolute Gasteiger partial charge is 0.492 e. The lowest BCUT2D eigenvalue weighted by atomic mass is 9.72. The predicted molar refractivity (Wildman–Crippen MR) is 343 cm³/mol. The number of hydrogen-bond acceptors (Lipinski definition) is 26. The third-order valence-corrected chi connectivity index (χ3v) is 22.0. The summed E-state index contributed by atoms with van der Waals surface area (Å²) in [6.45, 7) is 14.7. The van der Waals surface area contributed by atoms with Crippen LogP contribution < -0.4 is 25.0 Å². The molecule has 1 amide bonds. The van der Waals surface area contributed by atoms with E-state index >= 15 is 0 Å². The minimum atomic E-state index is -2.06. The summed E-state index contributed by atoms with van der Waals surface area (Å²) in [5.41, 5.74) is 1.80. The molecule has 1 aromatic rings. The lowest BCUT2D eigenvalue weighted by Gasteiger charge is -2.46. The van der Waals surface area contributed by atoms with Crippen LogP contribution in [-0.2, 0) is 57.1 Å². The van der Waals surface area contributed by atoms with Gasteiger partial charge in [-0.15, -0.1) is 0 Å². The van der Waals surface area contributed by atoms with Gasteiger partial charge in [0.1, 0.15) is 42.4 Å². The second kappa shape index (κ2) is 32.8. The van der Waals surface area contributed by atoms with E-state index in [1.54, 1.807) is 55.0 Å². The topological polar surface area (TPSA) is 307 Å². The maximum Gasteiger partial charge on any atom is 0.229 e. The molecule has 4 fully saturated rings. The standard InChI is InChI=1S/C62H86IN3O21S3/c1-15-64-37-29-80-43(26-41(37)76-11)85-55-50(72)48(32(4)82-60(55)84-40-20-18-16-17-19-22-62(75)27-39(69)35(24-30(2)67)46(40)36(62)21-23-88-90-61(7,8)28-42(70)66(9)10)65-87-44-25-38(68)57(34(6)81-44)89-58(74)45-31(3)47(63)53(56(79-14)52(45)77-12)86-59-51(73)54(78-13)49(71)33(5)83-59/h16-17,21,32-34,37-38,40-41,43-44,48-51,54-55,57,59-60,64-65,68,71-73,75H,15,23-29H2,1-14H3/b17-16-,36-21+/t32-,33+,34-,37+,38+,40+,41+,43+,44+,48-,49+,50+,51-,54-,55-,57-,59+,60+,62+/m1/s1. The number of ether oxygens (including phenoxy) is 11. The third-order valence-electron chi connectivity index (χ3n) is 16.1. The van der Waals surface area contributed by atoms with Gasteiger partial charge in [0.15, 0.2) is 41.8 Å². The van der Waals surface area contributed by atoms with E-state index in [4.69, 9.17) is 56.9 Å². The number of fused-ring (bicyclic) bond motifs is 2. The Hall–Kier alpha value is -3.42. The highest BCUT2D eigenvalue weighted by Crippen LogP contribution is 2.49. The van der Waals surface area contributed by atoms with Crippen molar-refractivity contribution in [2.75, 3.05) is 61.4 Å². The number of nitrogens with one attached hydrogen (secondary N) is 2. The fourth-order valence-electron chi connectivity index (χ4n) is 11.4. The van der Waals surface area contributed by atoms with Crippen molar-refractivity contribution >= 4 is 78.5 Å². The Morgan fingerprint density at radius 3 is 2.23 bits per heavy atom. The Bertz CT molecular complexity index is 2950. The number of aliphatic hydroxyl groups is 5. The van der Waals surface area contributed by atoms with E-state index in [9.17, 15) is 44.7 Å². The number of likely N-dealkylation sites (N-methyl/N-ethyl adjacent to an activating group) is 1. The molecule has 7 N–H and O–H groups in total. The van der Waals surface area contributed by atoms with Gasteiger partial charge in [0.25, 0.3) is 0 Å². The van der Waals surface area contributed by atoms with Crippen LogP contribution in [0.4, 0.5) is 0 Å². The first-order valence-corrected chi connectivity index (χ1v) is 33.9. The zero-order valence-electron chi connectivity index (χ0n) is 53.1. The molecule has 0 radical (unpaired) electrons. The zero-order valence-corrected chi connectivity index (χ0v) is 57.7. The molecule has 2 bridgehead atoms. The number of carbonyl (C=O) groups is 4. The smallest absolute Gasteiger partial charge is 0.229 e. The summed E-state index contributed by atoms with van der Waals surface area (Å²) in [7, 11) is 12.0. The highest BCUT2D eigenvalue weighted by molar-refractivity contribution is 14.1. The molecule has 7 rings (SSSR count). The Kier molecular flexibility index (Phi) is 27.0. The zero-order chi connectivity index (χ0) is 66.1. The van der Waals surface area contributed by atoms with Crippen molar-refractivity contribution in [2.24, 2.45) is 0 Å². The second-order valence-electron chi connectivity index (χ2n) is 23.5. The van der Waals surface area contributed by atoms with Gasteiger partial charge in [-0.25, -0.2) is 0 Å². The molecule has 0 unspecified atom stereocenters. The lowest BCUT2D eigenvalue weighted by Crippen LogP contribution is -2.65. The van der Waals surface area contributed by atoms with Gasteiger partial charge in [-0.3, -0.25) is 24.0 Å². The Labute approximate surface area is 552 Å². The number of amides is 1. The molecule has 0 spiro atoms. The van der Waals surface area contributed by atoms with Gasteiger partial charge in [0.05, 0.1) is 84.2 Å². The number of nitrogens with zero attached hydrogens (tertiary/aromatic N) is 1. The molecule has 4 heterocycles. The minimum Gasteiger partial charge on any atom is -0.492 e. The lowest BCUT2D eigenvalue weighted by molar-refractivity contribution is -0.336. The van der Waals surface area contributed by atoms with Crippen LogP contribution in [-0.4, -0.2) is 234 Å². The van der Waals surface area contributed by atoms with E-state index in [2.05, 4.69) is 34.5 Å². The summed E-state index contributed by atoms with van der Waals surface area (Å²) < 4.78 is 67.5. The number of ketones is 2. The van der Waals surface area contributed by atoms with Crippen LogP contribution in [0, 0.1) is 34.2 Å². The molecule has 19 atom stereocenters. The summed E-state index contributed by atoms with van der Waals surface area (Å²) in [6, 6.07) is -1.27. The van der Waals surface area contributed by atoms with Gasteiger partial charge in [-0.1, -0.05) is 70.0 Å². The SMILES string of the molecule is CCN[C@H]1CO[C@@H](O[C@H]2[C@H](O[C@H]3C#C/C=C\C#C[C@]4(O)CC(=O)C(CC(C)=O)=C3/C4=C\CSSC(C)(C)CC(=O)N(C)C)O[C@H](C)[C@@H](NO[C@H]3C[C@H](O)[C@H](SC(=O)c4c(C)c(I)c(O[C@@H]5O[C@@H](C)[C@H](O)[C@@H](OC)[C@H]5O)c(OC)c4OC)[C@@H](C)O3)[C@@H]2O)C[C@@H]1OC. The van der Waals surface area contributed by atoms with Gasteiger partial charge in [0.2, 0.25) is 23.1 Å². The van der Waals surface area contributed by atoms with E-state index in [-0.39, 0.29) is 101 Å². The fraction of sp³-hybridized carbons (Fsp3) is 0.677. The van der Waals surface area contributed by atoms with Crippen molar-refractivity contribution in [3.63, 3.8) is 0 Å². The Balaban J connectivity index is 1.13. The van der Waals surface area contributed by atoms with Crippen LogP contribution in [0.25, 0.3) is 0 Å². The van der Waals surface area contributed by atoms with E-state index in [0.29, 0.717) is 15.7 Å². The third kappa shape index (κ3) is 17.5. The number of rotatable bonds is 25. The molecule has 500 valence electrons. The van der Waals surface area contributed by atoms with Gasteiger partial charge >= 0.3 is 0 Å². The van der Waals surface area contributed by atoms with E-state index in [1.165, 1.54) is 66.9 Å². The number of hydrogen-bond donors (Lipinski definition) is 7. The summed E-state index contributed by atoms with van der Waals surface area (Å²) in [5.74, 6) is 11.2. The van der Waals surface area contributed by atoms with Gasteiger partial charge in [-0.2, -0.15) is 5.48 Å². The number of hydroxylamine groups is 1. The average molecular weight is 1430 g/mol. The minimum absolute atomic E-state index is 0.0250. The molecular weight excluding hydrogens is 1350 g/mol. The molecule has 6 aliphatic rings. The normalized spacial score (nSPS) is 34.5. The van der Waals surface area contributed by atoms with Gasteiger partial charge in [-0.05, 0) is 95.3 Å².